The zero-order valence-electron chi connectivity index (χ0n) is 3.06. The molecule has 0 radical (unpaired) electrons. The molecule has 0 N–H and O–H groups in total. The number of halogens is 1. The van der Waals surface area contributed by atoms with Crippen molar-refractivity contribution in [3.8, 4) is 0 Å². The minimum absolute atomic E-state index is 0.421. The summed E-state index contributed by atoms with van der Waals surface area (Å²) in [4.78, 5) is 13.1. The molecule has 0 aliphatic carbocycles. The third-order valence-corrected chi connectivity index (χ3v) is 0.662. The van der Waals surface area contributed by atoms with Crippen LogP contribution in [0.3, 0.4) is 0 Å². The molecule has 0 aliphatic rings. The lowest BCUT2D eigenvalue weighted by Crippen LogP contribution is -1.83. The Hall–Kier alpha value is 0.130. The van der Waals surface area contributed by atoms with Gasteiger partial charge in [0, 0.05) is 4.43 Å². The molecule has 6 heavy (non-hydrogen) atoms. The van der Waals surface area contributed by atoms with Gasteiger partial charge in [-0.05, 0) is 0 Å². The van der Waals surface area contributed by atoms with Gasteiger partial charge in [0.25, 0.3) is 0 Å². The second-order valence-corrected chi connectivity index (χ2v) is 1.68. The van der Waals surface area contributed by atoms with E-state index in [1.807, 2.05) is 0 Å². The summed E-state index contributed by atoms with van der Waals surface area (Å²) in [5, 5.41) is 2.17. The largest absolute Gasteiger partial charge is 0.363 e. The van der Waals surface area contributed by atoms with Crippen molar-refractivity contribution in [1.82, 2.24) is 0 Å². The maximum Gasteiger partial charge on any atom is 0.155 e. The van der Waals surface area contributed by atoms with Gasteiger partial charge in [0.05, 0.1) is 0 Å². The fourth-order valence-corrected chi connectivity index (χ4v) is 0.269. The first kappa shape index (κ1) is 6.13. The van der Waals surface area contributed by atoms with Gasteiger partial charge >= 0.3 is 0 Å². The van der Waals surface area contributed by atoms with Crippen LogP contribution in [0.5, 0.6) is 0 Å². The van der Waals surface area contributed by atoms with E-state index in [1.165, 1.54) is 0 Å². The molecule has 0 saturated heterocycles. The van der Waals surface area contributed by atoms with Gasteiger partial charge in [0.15, 0.2) is 5.34 Å². The van der Waals surface area contributed by atoms with Crippen LogP contribution in [0.2, 0.25) is 0 Å². The van der Waals surface area contributed by atoms with Crippen molar-refractivity contribution in [3.05, 3.63) is 4.91 Å². The Kier molecular flexibility index (Phi) is 5.24. The SMILES string of the molecule is O=NOCCI. The van der Waals surface area contributed by atoms with Gasteiger partial charge in [-0.15, -0.1) is 4.91 Å². The van der Waals surface area contributed by atoms with E-state index in [0.717, 1.165) is 4.43 Å². The number of nitrogens with zero attached hydrogens (tertiary/aromatic N) is 1. The van der Waals surface area contributed by atoms with Crippen LogP contribution in [0.1, 0.15) is 0 Å². The lowest BCUT2D eigenvalue weighted by molar-refractivity contribution is 0.158. The highest BCUT2D eigenvalue weighted by atomic mass is 127. The van der Waals surface area contributed by atoms with E-state index in [2.05, 4.69) is 32.8 Å². The fourth-order valence-electron chi connectivity index (χ4n) is 0.0718. The average Bonchev–Trinajstić information content (AvgIpc) is 1.61. The van der Waals surface area contributed by atoms with Crippen LogP contribution < -0.4 is 0 Å². The van der Waals surface area contributed by atoms with Crippen LogP contribution in [0.15, 0.2) is 5.34 Å². The Balaban J connectivity index is 2.49. The predicted octanol–water partition coefficient (Wildman–Crippen LogP) is 1.12. The molecule has 4 heteroatoms. The van der Waals surface area contributed by atoms with Crippen molar-refractivity contribution < 1.29 is 4.84 Å². The van der Waals surface area contributed by atoms with E-state index in [-0.39, 0.29) is 0 Å². The van der Waals surface area contributed by atoms with Gasteiger partial charge < -0.3 is 4.84 Å². The molecular formula is C2H4INO2. The van der Waals surface area contributed by atoms with Crippen molar-refractivity contribution in [1.29, 1.82) is 0 Å². The first-order valence-corrected chi connectivity index (χ1v) is 2.95. The van der Waals surface area contributed by atoms with Crippen molar-refractivity contribution in [2.75, 3.05) is 11.0 Å². The highest BCUT2D eigenvalue weighted by Crippen LogP contribution is 1.80. The summed E-state index contributed by atoms with van der Waals surface area (Å²) in [7, 11) is 0. The van der Waals surface area contributed by atoms with Crippen LogP contribution in [-0.2, 0) is 4.84 Å². The minimum Gasteiger partial charge on any atom is -0.363 e. The topological polar surface area (TPSA) is 38.7 Å². The van der Waals surface area contributed by atoms with Crippen molar-refractivity contribution in [2.24, 2.45) is 5.34 Å². The monoisotopic (exact) mass is 201 g/mol. The Morgan fingerprint density at radius 1 is 1.83 bits per heavy atom. The van der Waals surface area contributed by atoms with Crippen LogP contribution in [0.4, 0.5) is 0 Å². The van der Waals surface area contributed by atoms with Crippen LogP contribution in [0, 0.1) is 4.91 Å². The molecule has 0 heterocycles. The quantitative estimate of drug-likeness (QED) is 0.225. The Morgan fingerprint density at radius 2 is 2.50 bits per heavy atom. The maximum atomic E-state index is 9.09. The highest BCUT2D eigenvalue weighted by molar-refractivity contribution is 14.1. The minimum atomic E-state index is 0.421. The third-order valence-electron chi connectivity index (χ3n) is 0.221. The summed E-state index contributed by atoms with van der Waals surface area (Å²) < 4.78 is 0.809. The van der Waals surface area contributed by atoms with E-state index in [9.17, 15) is 0 Å². The van der Waals surface area contributed by atoms with Gasteiger partial charge in [-0.1, -0.05) is 22.6 Å². The molecule has 36 valence electrons. The summed E-state index contributed by atoms with van der Waals surface area (Å²) in [6.45, 7) is 0.421. The Morgan fingerprint density at radius 3 is 2.67 bits per heavy atom. The lowest BCUT2D eigenvalue weighted by Gasteiger charge is -1.82. The van der Waals surface area contributed by atoms with E-state index in [0.29, 0.717) is 6.61 Å². The van der Waals surface area contributed by atoms with Crippen molar-refractivity contribution in [3.63, 3.8) is 0 Å². The average molecular weight is 201 g/mol. The molecule has 0 spiro atoms. The number of hydrogen-bond donors (Lipinski definition) is 0. The molecule has 0 aromatic rings. The fraction of sp³-hybridized carbons (Fsp3) is 1.00. The van der Waals surface area contributed by atoms with E-state index in [4.69, 9.17) is 4.91 Å². The van der Waals surface area contributed by atoms with Crippen LogP contribution >= 0.6 is 22.6 Å². The zero-order valence-corrected chi connectivity index (χ0v) is 5.21. The molecular weight excluding hydrogens is 197 g/mol. The smallest absolute Gasteiger partial charge is 0.155 e. The first-order valence-electron chi connectivity index (χ1n) is 1.42. The van der Waals surface area contributed by atoms with E-state index >= 15 is 0 Å². The Labute approximate surface area is 49.1 Å². The molecule has 0 fully saturated rings. The zero-order chi connectivity index (χ0) is 4.83. The molecule has 0 amide bonds. The summed E-state index contributed by atoms with van der Waals surface area (Å²) >= 11 is 2.09. The molecule has 0 aromatic carbocycles. The van der Waals surface area contributed by atoms with Gasteiger partial charge in [-0.25, -0.2) is 0 Å². The van der Waals surface area contributed by atoms with Crippen molar-refractivity contribution in [2.45, 2.75) is 0 Å². The second-order valence-electron chi connectivity index (χ2n) is 0.597. The Bertz CT molecular complexity index is 40.5. The van der Waals surface area contributed by atoms with E-state index < -0.39 is 0 Å². The van der Waals surface area contributed by atoms with Gasteiger partial charge in [0.2, 0.25) is 0 Å². The van der Waals surface area contributed by atoms with Crippen LogP contribution in [-0.4, -0.2) is 11.0 Å². The molecule has 0 saturated carbocycles. The number of hydrogen-bond acceptors (Lipinski definition) is 3. The number of alkyl halides is 1. The molecule has 0 unspecified atom stereocenters. The second kappa shape index (κ2) is 5.13. The summed E-state index contributed by atoms with van der Waals surface area (Å²) in [6.07, 6.45) is 0. The predicted molar refractivity (Wildman–Crippen MR) is 30.6 cm³/mol. The highest BCUT2D eigenvalue weighted by Gasteiger charge is 1.74. The molecule has 0 aliphatic heterocycles. The van der Waals surface area contributed by atoms with Gasteiger partial charge in [-0.3, -0.25) is 0 Å². The number of rotatable bonds is 3. The molecule has 0 bridgehead atoms. The molecule has 3 nitrogen and oxygen atoms in total. The summed E-state index contributed by atoms with van der Waals surface area (Å²) in [5.41, 5.74) is 0. The first-order chi connectivity index (χ1) is 2.91. The summed E-state index contributed by atoms with van der Waals surface area (Å²) in [6, 6.07) is 0. The maximum absolute atomic E-state index is 9.09. The van der Waals surface area contributed by atoms with E-state index in [1.54, 1.807) is 0 Å². The standard InChI is InChI=1S/C2H4INO2/c3-1-2-6-4-5/h1-2H2. The molecule has 0 aromatic heterocycles. The molecule has 0 atom stereocenters. The summed E-state index contributed by atoms with van der Waals surface area (Å²) in [5.74, 6) is 0. The van der Waals surface area contributed by atoms with Crippen molar-refractivity contribution >= 4 is 22.6 Å². The van der Waals surface area contributed by atoms with Crippen LogP contribution in [0.25, 0.3) is 0 Å². The van der Waals surface area contributed by atoms with Gasteiger partial charge in [-0.2, -0.15) is 0 Å². The third kappa shape index (κ3) is 4.13. The van der Waals surface area contributed by atoms with Gasteiger partial charge in [0.1, 0.15) is 6.61 Å². The normalized spacial score (nSPS) is 7.50. The molecule has 0 rings (SSSR count). The lowest BCUT2D eigenvalue weighted by atomic mass is 10.9.